The lowest BCUT2D eigenvalue weighted by Gasteiger charge is -2.14. The summed E-state index contributed by atoms with van der Waals surface area (Å²) in [6, 6.07) is 0. The van der Waals surface area contributed by atoms with Crippen molar-refractivity contribution in [3.8, 4) is 0 Å². The minimum absolute atomic E-state index is 0.152. The molecule has 0 bridgehead atoms. The van der Waals surface area contributed by atoms with E-state index in [0.29, 0.717) is 6.32 Å². The Morgan fingerprint density at radius 2 is 2.10 bits per heavy atom. The number of rotatable bonds is 3. The standard InChI is InChI=1S/C6H14BNO2/c1-7(8(2)3)5-6(9)10-4/h5H2,1-4H3. The van der Waals surface area contributed by atoms with E-state index in [9.17, 15) is 4.79 Å². The van der Waals surface area contributed by atoms with Gasteiger partial charge < -0.3 is 9.55 Å². The maximum absolute atomic E-state index is 10.7. The molecule has 0 heterocycles. The summed E-state index contributed by atoms with van der Waals surface area (Å²) in [5.41, 5.74) is 0. The number of hydrogen-bond acceptors (Lipinski definition) is 3. The molecule has 0 fully saturated rings. The van der Waals surface area contributed by atoms with E-state index < -0.39 is 0 Å². The molecule has 0 radical (unpaired) electrons. The molecule has 0 aromatic rings. The predicted molar refractivity (Wildman–Crippen MR) is 42.1 cm³/mol. The van der Waals surface area contributed by atoms with Gasteiger partial charge in [-0.3, -0.25) is 4.79 Å². The van der Waals surface area contributed by atoms with E-state index in [2.05, 4.69) is 4.74 Å². The highest BCUT2D eigenvalue weighted by molar-refractivity contribution is 6.57. The third-order valence-corrected chi connectivity index (χ3v) is 1.57. The van der Waals surface area contributed by atoms with Gasteiger partial charge in [0.25, 0.3) is 5.97 Å². The number of nitrogens with zero attached hydrogens (tertiary/aromatic N) is 1. The molecule has 0 saturated heterocycles. The number of hydrogen-bond donors (Lipinski definition) is 0. The van der Waals surface area contributed by atoms with Crippen molar-refractivity contribution in [1.82, 2.24) is 4.81 Å². The molecule has 0 aliphatic rings. The molecule has 4 heteroatoms. The highest BCUT2D eigenvalue weighted by atomic mass is 16.5. The van der Waals surface area contributed by atoms with Crippen LogP contribution in [0.4, 0.5) is 0 Å². The molecule has 10 heavy (non-hydrogen) atoms. The first-order chi connectivity index (χ1) is 4.57. The topological polar surface area (TPSA) is 29.5 Å². The molecule has 0 spiro atoms. The molecule has 0 unspecified atom stereocenters. The van der Waals surface area contributed by atoms with Crippen LogP contribution in [0.1, 0.15) is 0 Å². The smallest absolute Gasteiger partial charge is 0.299 e. The van der Waals surface area contributed by atoms with Gasteiger partial charge in [0.15, 0.2) is 0 Å². The first-order valence-corrected chi connectivity index (χ1v) is 3.31. The van der Waals surface area contributed by atoms with Crippen LogP contribution >= 0.6 is 0 Å². The maximum atomic E-state index is 10.7. The Hall–Kier alpha value is -0.505. The third kappa shape index (κ3) is 3.51. The van der Waals surface area contributed by atoms with Crippen LogP contribution < -0.4 is 0 Å². The van der Waals surface area contributed by atoms with Crippen molar-refractivity contribution in [2.75, 3.05) is 21.2 Å². The van der Waals surface area contributed by atoms with E-state index >= 15 is 0 Å². The van der Waals surface area contributed by atoms with E-state index in [1.165, 1.54) is 7.11 Å². The van der Waals surface area contributed by atoms with Gasteiger partial charge in [-0.2, -0.15) is 0 Å². The second-order valence-electron chi connectivity index (χ2n) is 2.59. The molecule has 0 N–H and O–H groups in total. The second-order valence-corrected chi connectivity index (χ2v) is 2.59. The van der Waals surface area contributed by atoms with Gasteiger partial charge in [-0.25, -0.2) is 0 Å². The lowest BCUT2D eigenvalue weighted by molar-refractivity contribution is -0.138. The monoisotopic (exact) mass is 143 g/mol. The number of esters is 1. The van der Waals surface area contributed by atoms with E-state index in [4.69, 9.17) is 0 Å². The quantitative estimate of drug-likeness (QED) is 0.421. The van der Waals surface area contributed by atoms with Crippen molar-refractivity contribution < 1.29 is 9.53 Å². The van der Waals surface area contributed by atoms with Crippen molar-refractivity contribution >= 4 is 12.8 Å². The number of methoxy groups -OCH3 is 1. The highest BCUT2D eigenvalue weighted by Crippen LogP contribution is 1.95. The van der Waals surface area contributed by atoms with Crippen LogP contribution in [0.15, 0.2) is 0 Å². The molecule has 0 aromatic heterocycles. The van der Waals surface area contributed by atoms with Crippen LogP contribution in [0, 0.1) is 0 Å². The molecular weight excluding hydrogens is 129 g/mol. The maximum Gasteiger partial charge on any atom is 0.299 e. The molecule has 0 aliphatic heterocycles. The zero-order valence-corrected chi connectivity index (χ0v) is 7.05. The molecule has 0 rings (SSSR count). The summed E-state index contributed by atoms with van der Waals surface area (Å²) < 4.78 is 4.51. The van der Waals surface area contributed by atoms with Crippen LogP contribution in [0.2, 0.25) is 13.1 Å². The number of carbonyl (C=O) groups is 1. The van der Waals surface area contributed by atoms with Gasteiger partial charge in [0.1, 0.15) is 0 Å². The van der Waals surface area contributed by atoms with Gasteiger partial charge in [0.2, 0.25) is 6.85 Å². The summed E-state index contributed by atoms with van der Waals surface area (Å²) in [5, 5.41) is 0. The fourth-order valence-corrected chi connectivity index (χ4v) is 0.507. The first kappa shape index (κ1) is 9.49. The molecule has 0 amide bonds. The van der Waals surface area contributed by atoms with Gasteiger partial charge in [0, 0.05) is 6.32 Å². The Morgan fingerprint density at radius 1 is 1.60 bits per heavy atom. The molecular formula is C6H14BNO2. The zero-order valence-electron chi connectivity index (χ0n) is 7.05. The predicted octanol–water partition coefficient (Wildman–Crippen LogP) is 0.342. The summed E-state index contributed by atoms with van der Waals surface area (Å²) in [5.74, 6) is -0.152. The van der Waals surface area contributed by atoms with Gasteiger partial charge in [-0.05, 0) is 14.1 Å². The largest absolute Gasteiger partial charge is 0.469 e. The Balaban J connectivity index is 3.57. The van der Waals surface area contributed by atoms with Crippen molar-refractivity contribution in [3.05, 3.63) is 0 Å². The van der Waals surface area contributed by atoms with Crippen molar-refractivity contribution in [3.63, 3.8) is 0 Å². The first-order valence-electron chi connectivity index (χ1n) is 3.31. The van der Waals surface area contributed by atoms with Gasteiger partial charge in [0.05, 0.1) is 7.11 Å². The molecule has 0 aromatic carbocycles. The summed E-state index contributed by atoms with van der Waals surface area (Å²) in [7, 11) is 5.28. The fraction of sp³-hybridized carbons (Fsp3) is 0.833. The van der Waals surface area contributed by atoms with Gasteiger partial charge in [-0.1, -0.05) is 6.82 Å². The summed E-state index contributed by atoms with van der Waals surface area (Å²) >= 11 is 0. The lowest BCUT2D eigenvalue weighted by Crippen LogP contribution is -2.31. The van der Waals surface area contributed by atoms with Gasteiger partial charge >= 0.3 is 0 Å². The molecule has 0 aliphatic carbocycles. The zero-order chi connectivity index (χ0) is 8.15. The molecule has 58 valence electrons. The van der Waals surface area contributed by atoms with E-state index in [0.717, 1.165) is 0 Å². The Labute approximate surface area is 62.4 Å². The summed E-state index contributed by atoms with van der Waals surface area (Å²) in [6.45, 7) is 2.24. The third-order valence-electron chi connectivity index (χ3n) is 1.57. The van der Waals surface area contributed by atoms with E-state index in [1.807, 2.05) is 25.7 Å². The van der Waals surface area contributed by atoms with Crippen molar-refractivity contribution in [2.45, 2.75) is 13.1 Å². The lowest BCUT2D eigenvalue weighted by atomic mass is 9.60. The van der Waals surface area contributed by atoms with Crippen LogP contribution in [0.3, 0.4) is 0 Å². The normalized spacial score (nSPS) is 9.70. The molecule has 3 nitrogen and oxygen atoms in total. The highest BCUT2D eigenvalue weighted by Gasteiger charge is 2.14. The molecule has 0 atom stereocenters. The van der Waals surface area contributed by atoms with E-state index in [1.54, 1.807) is 0 Å². The average molecular weight is 143 g/mol. The summed E-state index contributed by atoms with van der Waals surface area (Å²) in [6.07, 6.45) is 0.462. The second kappa shape index (κ2) is 4.33. The van der Waals surface area contributed by atoms with Crippen molar-refractivity contribution in [1.29, 1.82) is 0 Å². The number of carbonyl (C=O) groups excluding carboxylic acids is 1. The fourth-order valence-electron chi connectivity index (χ4n) is 0.507. The Morgan fingerprint density at radius 3 is 2.40 bits per heavy atom. The van der Waals surface area contributed by atoms with Crippen LogP contribution in [-0.4, -0.2) is 38.8 Å². The average Bonchev–Trinajstić information content (AvgIpc) is 1.87. The van der Waals surface area contributed by atoms with Crippen LogP contribution in [0.25, 0.3) is 0 Å². The number of ether oxygens (including phenoxy) is 1. The van der Waals surface area contributed by atoms with Gasteiger partial charge in [-0.15, -0.1) is 0 Å². The minimum atomic E-state index is -0.152. The Kier molecular flexibility index (Phi) is 4.11. The van der Waals surface area contributed by atoms with Crippen LogP contribution in [0.5, 0.6) is 0 Å². The SMILES string of the molecule is COC(=O)CB(C)N(C)C. The Bertz CT molecular complexity index is 116. The van der Waals surface area contributed by atoms with Crippen molar-refractivity contribution in [2.24, 2.45) is 0 Å². The molecule has 0 saturated carbocycles. The minimum Gasteiger partial charge on any atom is -0.469 e. The summed E-state index contributed by atoms with van der Waals surface area (Å²) in [4.78, 5) is 12.7. The van der Waals surface area contributed by atoms with E-state index in [-0.39, 0.29) is 12.8 Å². The van der Waals surface area contributed by atoms with Crippen LogP contribution in [-0.2, 0) is 9.53 Å².